The molecule has 1 fully saturated rings. The van der Waals surface area contributed by atoms with E-state index in [2.05, 4.69) is 5.32 Å². The van der Waals surface area contributed by atoms with Crippen LogP contribution in [0.25, 0.3) is 0 Å². The molecule has 1 aromatic carbocycles. The van der Waals surface area contributed by atoms with Gasteiger partial charge in [0.2, 0.25) is 0 Å². The Morgan fingerprint density at radius 3 is 3.05 bits per heavy atom. The summed E-state index contributed by atoms with van der Waals surface area (Å²) in [5.41, 5.74) is 0.998. The number of hydrogen-bond donors (Lipinski definition) is 1. The average Bonchev–Trinajstić information content (AvgIpc) is 2.47. The minimum absolute atomic E-state index is 0.0185. The van der Waals surface area contributed by atoms with E-state index in [1.54, 1.807) is 7.11 Å². The van der Waals surface area contributed by atoms with Crippen LogP contribution in [0.2, 0.25) is 10.0 Å². The first-order valence-corrected chi connectivity index (χ1v) is 7.74. The van der Waals surface area contributed by atoms with E-state index in [1.807, 2.05) is 18.2 Å². The van der Waals surface area contributed by atoms with Crippen molar-refractivity contribution in [1.82, 2.24) is 5.32 Å². The molecule has 3 nitrogen and oxygen atoms in total. The van der Waals surface area contributed by atoms with Gasteiger partial charge < -0.3 is 14.8 Å². The molecule has 1 heterocycles. The van der Waals surface area contributed by atoms with Crippen LogP contribution >= 0.6 is 23.2 Å². The number of methoxy groups -OCH3 is 1. The second-order valence-corrected chi connectivity index (χ2v) is 5.82. The van der Waals surface area contributed by atoms with Crippen molar-refractivity contribution in [2.24, 2.45) is 5.92 Å². The van der Waals surface area contributed by atoms with Gasteiger partial charge in [-0.15, -0.1) is 0 Å². The minimum Gasteiger partial charge on any atom is -0.383 e. The lowest BCUT2D eigenvalue weighted by atomic mass is 9.89. The summed E-state index contributed by atoms with van der Waals surface area (Å²) in [6, 6.07) is 5.74. The van der Waals surface area contributed by atoms with E-state index in [0.29, 0.717) is 16.0 Å². The standard InChI is InChI=1S/C15H21Cl2NO2/c1-19-9-7-18-10-11-4-3-8-20-15(11)12-5-2-6-13(16)14(12)17/h2,5-6,11,15,18H,3-4,7-10H2,1H3. The number of nitrogens with one attached hydrogen (secondary N) is 1. The Bertz CT molecular complexity index is 428. The molecule has 5 heteroatoms. The van der Waals surface area contributed by atoms with E-state index >= 15 is 0 Å². The fourth-order valence-corrected chi connectivity index (χ4v) is 3.01. The van der Waals surface area contributed by atoms with Gasteiger partial charge >= 0.3 is 0 Å². The molecule has 1 saturated heterocycles. The van der Waals surface area contributed by atoms with Gasteiger partial charge in [-0.3, -0.25) is 0 Å². The molecule has 0 aliphatic carbocycles. The van der Waals surface area contributed by atoms with Crippen LogP contribution in [0.15, 0.2) is 18.2 Å². The SMILES string of the molecule is COCCNCC1CCCOC1c1cccc(Cl)c1Cl. The molecular weight excluding hydrogens is 297 g/mol. The van der Waals surface area contributed by atoms with E-state index in [0.717, 1.165) is 44.7 Å². The van der Waals surface area contributed by atoms with Gasteiger partial charge in [0, 0.05) is 38.3 Å². The van der Waals surface area contributed by atoms with Crippen molar-refractivity contribution >= 4 is 23.2 Å². The highest BCUT2D eigenvalue weighted by Gasteiger charge is 2.29. The van der Waals surface area contributed by atoms with Crippen molar-refractivity contribution in [3.8, 4) is 0 Å². The molecule has 2 unspecified atom stereocenters. The lowest BCUT2D eigenvalue weighted by Crippen LogP contribution is -2.33. The first kappa shape index (κ1) is 16.1. The summed E-state index contributed by atoms with van der Waals surface area (Å²) in [4.78, 5) is 0. The predicted octanol–water partition coefficient (Wildman–Crippen LogP) is 3.70. The fraction of sp³-hybridized carbons (Fsp3) is 0.600. The number of benzene rings is 1. The van der Waals surface area contributed by atoms with Crippen LogP contribution in [0, 0.1) is 5.92 Å². The van der Waals surface area contributed by atoms with E-state index < -0.39 is 0 Å². The molecule has 0 aromatic heterocycles. The Balaban J connectivity index is 2.04. The maximum absolute atomic E-state index is 6.32. The third kappa shape index (κ3) is 4.09. The van der Waals surface area contributed by atoms with E-state index in [9.17, 15) is 0 Å². The molecule has 20 heavy (non-hydrogen) atoms. The summed E-state index contributed by atoms with van der Waals surface area (Å²) in [6.45, 7) is 3.25. The van der Waals surface area contributed by atoms with Crippen molar-refractivity contribution in [1.29, 1.82) is 0 Å². The molecule has 112 valence electrons. The van der Waals surface area contributed by atoms with Gasteiger partial charge in [-0.05, 0) is 18.9 Å². The highest BCUT2D eigenvalue weighted by atomic mass is 35.5. The molecule has 0 amide bonds. The van der Waals surface area contributed by atoms with E-state index in [4.69, 9.17) is 32.7 Å². The van der Waals surface area contributed by atoms with Crippen LogP contribution in [0.5, 0.6) is 0 Å². The van der Waals surface area contributed by atoms with E-state index in [1.165, 1.54) is 0 Å². The normalized spacial score (nSPS) is 22.9. The molecule has 2 rings (SSSR count). The highest BCUT2D eigenvalue weighted by Crippen LogP contribution is 2.39. The third-order valence-electron chi connectivity index (χ3n) is 3.62. The quantitative estimate of drug-likeness (QED) is 0.811. The van der Waals surface area contributed by atoms with Crippen molar-refractivity contribution < 1.29 is 9.47 Å². The van der Waals surface area contributed by atoms with Gasteiger partial charge in [0.15, 0.2) is 0 Å². The van der Waals surface area contributed by atoms with Gasteiger partial charge in [0.25, 0.3) is 0 Å². The number of ether oxygens (including phenoxy) is 2. The second kappa shape index (κ2) is 8.20. The summed E-state index contributed by atoms with van der Waals surface area (Å²) in [7, 11) is 1.71. The lowest BCUT2D eigenvalue weighted by Gasteiger charge is -2.33. The summed E-state index contributed by atoms with van der Waals surface area (Å²) < 4.78 is 11.0. The topological polar surface area (TPSA) is 30.5 Å². The zero-order valence-electron chi connectivity index (χ0n) is 11.7. The van der Waals surface area contributed by atoms with Crippen molar-refractivity contribution in [3.63, 3.8) is 0 Å². The number of hydrogen-bond acceptors (Lipinski definition) is 3. The van der Waals surface area contributed by atoms with Crippen LogP contribution in [-0.2, 0) is 9.47 Å². The van der Waals surface area contributed by atoms with Crippen LogP contribution < -0.4 is 5.32 Å². The second-order valence-electron chi connectivity index (χ2n) is 5.03. The Labute approximate surface area is 130 Å². The minimum atomic E-state index is 0.0185. The van der Waals surface area contributed by atoms with Gasteiger partial charge in [0.05, 0.1) is 22.8 Å². The predicted molar refractivity (Wildman–Crippen MR) is 82.6 cm³/mol. The maximum atomic E-state index is 6.32. The highest BCUT2D eigenvalue weighted by molar-refractivity contribution is 6.42. The molecule has 0 saturated carbocycles. The van der Waals surface area contributed by atoms with Crippen LogP contribution in [0.1, 0.15) is 24.5 Å². The first-order valence-electron chi connectivity index (χ1n) is 6.99. The first-order chi connectivity index (χ1) is 9.74. The van der Waals surface area contributed by atoms with Crippen molar-refractivity contribution in [2.75, 3.05) is 33.4 Å². The summed E-state index contributed by atoms with van der Waals surface area (Å²) in [5.74, 6) is 0.413. The molecule has 0 radical (unpaired) electrons. The molecule has 1 aliphatic rings. The average molecular weight is 318 g/mol. The van der Waals surface area contributed by atoms with Crippen LogP contribution in [0.4, 0.5) is 0 Å². The zero-order chi connectivity index (χ0) is 14.4. The molecule has 1 aliphatic heterocycles. The number of halogens is 2. The largest absolute Gasteiger partial charge is 0.383 e. The smallest absolute Gasteiger partial charge is 0.0880 e. The Morgan fingerprint density at radius 1 is 1.40 bits per heavy atom. The van der Waals surface area contributed by atoms with Crippen molar-refractivity contribution in [3.05, 3.63) is 33.8 Å². The lowest BCUT2D eigenvalue weighted by molar-refractivity contribution is -0.0279. The molecular formula is C15H21Cl2NO2. The summed E-state index contributed by atoms with van der Waals surface area (Å²) in [5, 5.41) is 4.61. The van der Waals surface area contributed by atoms with Gasteiger partial charge in [-0.25, -0.2) is 0 Å². The van der Waals surface area contributed by atoms with Gasteiger partial charge in [0.1, 0.15) is 0 Å². The molecule has 1 N–H and O–H groups in total. The maximum Gasteiger partial charge on any atom is 0.0880 e. The molecule has 0 bridgehead atoms. The Morgan fingerprint density at radius 2 is 2.25 bits per heavy atom. The van der Waals surface area contributed by atoms with Crippen molar-refractivity contribution in [2.45, 2.75) is 18.9 Å². The monoisotopic (exact) mass is 317 g/mol. The fourth-order valence-electron chi connectivity index (χ4n) is 2.60. The Hall–Kier alpha value is -0.320. The van der Waals surface area contributed by atoms with E-state index in [-0.39, 0.29) is 6.10 Å². The third-order valence-corrected chi connectivity index (χ3v) is 4.46. The van der Waals surface area contributed by atoms with Crippen LogP contribution in [0.3, 0.4) is 0 Å². The number of rotatable bonds is 6. The van der Waals surface area contributed by atoms with Crippen LogP contribution in [-0.4, -0.2) is 33.4 Å². The molecule has 0 spiro atoms. The van der Waals surface area contributed by atoms with Gasteiger partial charge in [-0.1, -0.05) is 35.3 Å². The summed E-state index contributed by atoms with van der Waals surface area (Å²) in [6.07, 6.45) is 2.24. The van der Waals surface area contributed by atoms with Gasteiger partial charge in [-0.2, -0.15) is 0 Å². The molecule has 2 atom stereocenters. The zero-order valence-corrected chi connectivity index (χ0v) is 13.2. The summed E-state index contributed by atoms with van der Waals surface area (Å²) >= 11 is 12.4. The molecule has 1 aromatic rings. The Kier molecular flexibility index (Phi) is 6.59.